The van der Waals surface area contributed by atoms with Crippen molar-refractivity contribution in [1.29, 1.82) is 0 Å². The molecule has 0 aromatic heterocycles. The van der Waals surface area contributed by atoms with Crippen molar-refractivity contribution in [3.8, 4) is 5.75 Å². The first-order valence-corrected chi connectivity index (χ1v) is 9.09. The Morgan fingerprint density at radius 1 is 1.00 bits per heavy atom. The Hall–Kier alpha value is -2.82. The van der Waals surface area contributed by atoms with Gasteiger partial charge in [-0.3, -0.25) is 9.59 Å². The van der Waals surface area contributed by atoms with Crippen LogP contribution in [-0.4, -0.2) is 36.4 Å². The first kappa shape index (κ1) is 18.0. The van der Waals surface area contributed by atoms with Crippen LogP contribution in [0.2, 0.25) is 0 Å². The van der Waals surface area contributed by atoms with Crippen LogP contribution in [0.25, 0.3) is 0 Å². The van der Waals surface area contributed by atoms with E-state index in [2.05, 4.69) is 5.32 Å². The number of hydrogen-bond acceptors (Lipinski definition) is 3. The van der Waals surface area contributed by atoms with Crippen molar-refractivity contribution in [1.82, 2.24) is 4.90 Å². The largest absolute Gasteiger partial charge is 0.494 e. The van der Waals surface area contributed by atoms with Crippen LogP contribution in [0.1, 0.15) is 36.0 Å². The molecule has 0 saturated carbocycles. The number of benzene rings is 2. The second kappa shape index (κ2) is 9.04. The van der Waals surface area contributed by atoms with Gasteiger partial charge in [-0.15, -0.1) is 0 Å². The molecule has 2 amide bonds. The fourth-order valence-corrected chi connectivity index (χ4v) is 3.00. The van der Waals surface area contributed by atoms with Crippen LogP contribution < -0.4 is 10.1 Å². The molecule has 2 aromatic rings. The van der Waals surface area contributed by atoms with E-state index in [0.29, 0.717) is 30.7 Å². The molecule has 1 fully saturated rings. The Kier molecular flexibility index (Phi) is 6.25. The zero-order chi connectivity index (χ0) is 18.2. The second-order valence-electron chi connectivity index (χ2n) is 6.39. The molecule has 3 rings (SSSR count). The van der Waals surface area contributed by atoms with E-state index in [4.69, 9.17) is 4.74 Å². The van der Waals surface area contributed by atoms with E-state index < -0.39 is 0 Å². The molecule has 0 bridgehead atoms. The minimum atomic E-state index is -0.0765. The second-order valence-corrected chi connectivity index (χ2v) is 6.39. The zero-order valence-electron chi connectivity index (χ0n) is 14.8. The lowest BCUT2D eigenvalue weighted by molar-refractivity contribution is -0.116. The predicted octanol–water partition coefficient (Wildman–Crippen LogP) is 3.72. The summed E-state index contributed by atoms with van der Waals surface area (Å²) in [5.74, 6) is 0.767. The molecule has 0 aliphatic carbocycles. The van der Waals surface area contributed by atoms with E-state index >= 15 is 0 Å². The van der Waals surface area contributed by atoms with Crippen molar-refractivity contribution in [2.24, 2.45) is 0 Å². The maximum absolute atomic E-state index is 12.4. The highest BCUT2D eigenvalue weighted by Gasteiger charge is 2.19. The van der Waals surface area contributed by atoms with E-state index in [9.17, 15) is 9.59 Å². The van der Waals surface area contributed by atoms with Gasteiger partial charge in [0.1, 0.15) is 5.75 Å². The number of rotatable bonds is 7. The fourth-order valence-electron chi connectivity index (χ4n) is 3.00. The van der Waals surface area contributed by atoms with Gasteiger partial charge in [0.2, 0.25) is 5.91 Å². The number of nitrogens with one attached hydrogen (secondary N) is 1. The molecule has 0 radical (unpaired) electrons. The van der Waals surface area contributed by atoms with Crippen LogP contribution in [0.3, 0.4) is 0 Å². The normalized spacial score (nSPS) is 13.5. The van der Waals surface area contributed by atoms with Crippen LogP contribution in [0.5, 0.6) is 5.75 Å². The average Bonchev–Trinajstić information content (AvgIpc) is 3.20. The minimum absolute atomic E-state index is 0.0369. The van der Waals surface area contributed by atoms with Crippen LogP contribution in [-0.2, 0) is 4.79 Å². The monoisotopic (exact) mass is 352 g/mol. The van der Waals surface area contributed by atoms with Gasteiger partial charge >= 0.3 is 0 Å². The Morgan fingerprint density at radius 2 is 1.77 bits per heavy atom. The zero-order valence-corrected chi connectivity index (χ0v) is 14.8. The quantitative estimate of drug-likeness (QED) is 0.773. The van der Waals surface area contributed by atoms with Gasteiger partial charge in [-0.25, -0.2) is 0 Å². The Morgan fingerprint density at radius 3 is 2.54 bits per heavy atom. The van der Waals surface area contributed by atoms with Gasteiger partial charge in [0.05, 0.1) is 6.61 Å². The number of amides is 2. The summed E-state index contributed by atoms with van der Waals surface area (Å²) in [5.41, 5.74) is 1.28. The van der Waals surface area contributed by atoms with E-state index in [1.807, 2.05) is 35.2 Å². The molecule has 1 heterocycles. The molecule has 0 unspecified atom stereocenters. The third-order valence-electron chi connectivity index (χ3n) is 4.35. The molecule has 136 valence electrons. The molecular weight excluding hydrogens is 328 g/mol. The number of ether oxygens (including phenoxy) is 1. The lowest BCUT2D eigenvalue weighted by Gasteiger charge is -2.15. The standard InChI is InChI=1S/C21H24N2O3/c24-20(12-7-15-26-19-10-2-1-3-11-19)22-18-9-6-8-17(16-18)21(25)23-13-4-5-14-23/h1-3,6,8-11,16H,4-5,7,12-15H2,(H,22,24). The third-order valence-corrected chi connectivity index (χ3v) is 4.35. The minimum Gasteiger partial charge on any atom is -0.494 e. The van der Waals surface area contributed by atoms with Crippen LogP contribution in [0.4, 0.5) is 5.69 Å². The van der Waals surface area contributed by atoms with Crippen LogP contribution in [0, 0.1) is 0 Å². The predicted molar refractivity (Wildman–Crippen MR) is 101 cm³/mol. The number of likely N-dealkylation sites (tertiary alicyclic amines) is 1. The summed E-state index contributed by atoms with van der Waals surface area (Å²) in [5, 5.41) is 2.86. The molecule has 26 heavy (non-hydrogen) atoms. The number of anilines is 1. The number of para-hydroxylation sites is 1. The van der Waals surface area contributed by atoms with Crippen molar-refractivity contribution in [3.05, 3.63) is 60.2 Å². The van der Waals surface area contributed by atoms with E-state index in [0.717, 1.165) is 31.7 Å². The fraction of sp³-hybridized carbons (Fsp3) is 0.333. The van der Waals surface area contributed by atoms with Gasteiger partial charge in [0, 0.05) is 30.8 Å². The van der Waals surface area contributed by atoms with E-state index in [1.54, 1.807) is 24.3 Å². The summed E-state index contributed by atoms with van der Waals surface area (Å²) in [6.45, 7) is 2.12. The maximum atomic E-state index is 12.4. The van der Waals surface area contributed by atoms with E-state index in [1.165, 1.54) is 0 Å². The summed E-state index contributed by atoms with van der Waals surface area (Å²) in [4.78, 5) is 26.4. The number of nitrogens with zero attached hydrogens (tertiary/aromatic N) is 1. The summed E-state index contributed by atoms with van der Waals surface area (Å²) in [6.07, 6.45) is 3.13. The molecule has 0 atom stereocenters. The van der Waals surface area contributed by atoms with Gasteiger partial charge < -0.3 is 15.0 Å². The van der Waals surface area contributed by atoms with Crippen LogP contribution in [0.15, 0.2) is 54.6 Å². The Labute approximate surface area is 154 Å². The first-order chi connectivity index (χ1) is 12.7. The van der Waals surface area contributed by atoms with E-state index in [-0.39, 0.29) is 11.8 Å². The van der Waals surface area contributed by atoms with Crippen molar-refractivity contribution in [2.75, 3.05) is 25.0 Å². The molecule has 2 aromatic carbocycles. The molecule has 0 spiro atoms. The lowest BCUT2D eigenvalue weighted by atomic mass is 10.1. The van der Waals surface area contributed by atoms with Gasteiger partial charge in [0.15, 0.2) is 0 Å². The third kappa shape index (κ3) is 5.09. The number of carbonyl (C=O) groups excluding carboxylic acids is 2. The average molecular weight is 352 g/mol. The molecule has 1 saturated heterocycles. The number of hydrogen-bond donors (Lipinski definition) is 1. The lowest BCUT2D eigenvalue weighted by Crippen LogP contribution is -2.27. The summed E-state index contributed by atoms with van der Waals surface area (Å²) < 4.78 is 5.58. The first-order valence-electron chi connectivity index (χ1n) is 9.09. The topological polar surface area (TPSA) is 58.6 Å². The SMILES string of the molecule is O=C(CCCOc1ccccc1)Nc1cccc(C(=O)N2CCCC2)c1. The smallest absolute Gasteiger partial charge is 0.253 e. The van der Waals surface area contributed by atoms with Gasteiger partial charge in [0.25, 0.3) is 5.91 Å². The Balaban J connectivity index is 1.45. The van der Waals surface area contributed by atoms with Gasteiger partial charge in [-0.2, -0.15) is 0 Å². The van der Waals surface area contributed by atoms with Crippen molar-refractivity contribution < 1.29 is 14.3 Å². The van der Waals surface area contributed by atoms with Gasteiger partial charge in [-0.05, 0) is 49.6 Å². The highest BCUT2D eigenvalue weighted by atomic mass is 16.5. The highest BCUT2D eigenvalue weighted by molar-refractivity contribution is 5.97. The number of carbonyl (C=O) groups is 2. The van der Waals surface area contributed by atoms with Crippen molar-refractivity contribution in [3.63, 3.8) is 0 Å². The molecule has 5 heteroatoms. The summed E-state index contributed by atoms with van der Waals surface area (Å²) in [6, 6.07) is 16.7. The van der Waals surface area contributed by atoms with Gasteiger partial charge in [-0.1, -0.05) is 24.3 Å². The molecular formula is C21H24N2O3. The molecule has 1 aliphatic heterocycles. The summed E-state index contributed by atoms with van der Waals surface area (Å²) >= 11 is 0. The van der Waals surface area contributed by atoms with Crippen molar-refractivity contribution >= 4 is 17.5 Å². The molecule has 5 nitrogen and oxygen atoms in total. The van der Waals surface area contributed by atoms with Crippen LogP contribution >= 0.6 is 0 Å². The van der Waals surface area contributed by atoms with Crippen molar-refractivity contribution in [2.45, 2.75) is 25.7 Å². The highest BCUT2D eigenvalue weighted by Crippen LogP contribution is 2.17. The maximum Gasteiger partial charge on any atom is 0.253 e. The summed E-state index contributed by atoms with van der Waals surface area (Å²) in [7, 11) is 0. The molecule has 1 N–H and O–H groups in total. The Bertz CT molecular complexity index is 740. The molecule has 1 aliphatic rings.